The number of phenolic OH excluding ortho intramolecular Hbond substituents is 1. The third-order valence-corrected chi connectivity index (χ3v) is 7.80. The summed E-state index contributed by atoms with van der Waals surface area (Å²) in [4.78, 5) is 26.1. The molecule has 1 saturated heterocycles. The maximum Gasteiger partial charge on any atom is 0.193 e. The van der Waals surface area contributed by atoms with Gasteiger partial charge in [-0.2, -0.15) is 0 Å². The average Bonchev–Trinajstić information content (AvgIpc) is 2.90. The number of carbonyl (C=O) groups excluding carboxylic acids is 2. The number of ether oxygens (including phenoxy) is 3. The number of rotatable bonds is 5. The van der Waals surface area contributed by atoms with Crippen molar-refractivity contribution in [1.82, 2.24) is 0 Å². The zero-order chi connectivity index (χ0) is 28.4. The molecule has 1 fully saturated rings. The summed E-state index contributed by atoms with van der Waals surface area (Å²) in [5.41, 5.74) is 2.35. The SMILES string of the molecule is COc1cccc2c1[C](O)c1c(O)c3c(c([O-])c1C2=O)C[C@@](O)(C(=O)CO)C[C@@H]3O[C@H]1C[C@H](N)[C@H](O)[C@H](C)O1. The molecule has 0 spiro atoms. The van der Waals surface area contributed by atoms with Crippen LogP contribution in [0.25, 0.3) is 0 Å². The number of nitrogens with two attached hydrogens (primary N) is 1. The van der Waals surface area contributed by atoms with Crippen LogP contribution in [-0.2, 0) is 20.7 Å². The van der Waals surface area contributed by atoms with E-state index < -0.39 is 96.0 Å². The van der Waals surface area contributed by atoms with Gasteiger partial charge >= 0.3 is 0 Å². The third kappa shape index (κ3) is 4.19. The molecule has 12 heteroatoms. The highest BCUT2D eigenvalue weighted by Crippen LogP contribution is 2.54. The molecule has 0 bridgehead atoms. The second-order valence-electron chi connectivity index (χ2n) is 10.2. The summed E-state index contributed by atoms with van der Waals surface area (Å²) in [6.07, 6.45) is -5.76. The Morgan fingerprint density at radius 3 is 2.62 bits per heavy atom. The molecule has 3 aliphatic rings. The van der Waals surface area contributed by atoms with Crippen molar-refractivity contribution in [2.24, 2.45) is 5.73 Å². The number of methoxy groups -OCH3 is 1. The molecule has 1 heterocycles. The van der Waals surface area contributed by atoms with Gasteiger partial charge in [-0.15, -0.1) is 0 Å². The van der Waals surface area contributed by atoms with Crippen LogP contribution in [0.3, 0.4) is 0 Å². The van der Waals surface area contributed by atoms with Gasteiger partial charge in [0.2, 0.25) is 0 Å². The van der Waals surface area contributed by atoms with E-state index in [9.17, 15) is 40.2 Å². The van der Waals surface area contributed by atoms with E-state index in [1.54, 1.807) is 6.92 Å². The third-order valence-electron chi connectivity index (χ3n) is 7.80. The van der Waals surface area contributed by atoms with Gasteiger partial charge in [0.1, 0.15) is 23.7 Å². The molecule has 6 atom stereocenters. The summed E-state index contributed by atoms with van der Waals surface area (Å²) < 4.78 is 17.0. The molecule has 0 aromatic heterocycles. The predicted molar refractivity (Wildman–Crippen MR) is 129 cm³/mol. The van der Waals surface area contributed by atoms with Gasteiger partial charge < -0.3 is 50.6 Å². The van der Waals surface area contributed by atoms with Crippen LogP contribution in [0.2, 0.25) is 0 Å². The minimum atomic E-state index is -2.27. The fourth-order valence-corrected chi connectivity index (χ4v) is 5.75. The summed E-state index contributed by atoms with van der Waals surface area (Å²) >= 11 is 0. The Hall–Kier alpha value is -3.10. The van der Waals surface area contributed by atoms with Gasteiger partial charge in [-0.1, -0.05) is 17.9 Å². The highest BCUT2D eigenvalue weighted by Gasteiger charge is 2.49. The summed E-state index contributed by atoms with van der Waals surface area (Å²) in [6, 6.07) is 3.68. The Balaban J connectivity index is 1.68. The van der Waals surface area contributed by atoms with E-state index in [1.165, 1.54) is 25.3 Å². The molecule has 2 aliphatic carbocycles. The van der Waals surface area contributed by atoms with Crippen molar-refractivity contribution in [2.75, 3.05) is 13.7 Å². The van der Waals surface area contributed by atoms with Gasteiger partial charge in [0, 0.05) is 53.1 Å². The molecule has 1 radical (unpaired) electrons. The molecule has 0 saturated carbocycles. The second-order valence-corrected chi connectivity index (χ2v) is 10.2. The molecular formula is C27H29NO11-. The topological polar surface area (TPSA) is 212 Å². The lowest BCUT2D eigenvalue weighted by atomic mass is 9.71. The van der Waals surface area contributed by atoms with E-state index in [2.05, 4.69) is 0 Å². The van der Waals surface area contributed by atoms with Crippen molar-refractivity contribution in [1.29, 1.82) is 0 Å². The molecule has 7 N–H and O–H groups in total. The van der Waals surface area contributed by atoms with Crippen LogP contribution in [0.15, 0.2) is 18.2 Å². The van der Waals surface area contributed by atoms with Crippen LogP contribution < -0.4 is 15.6 Å². The van der Waals surface area contributed by atoms with E-state index in [4.69, 9.17) is 19.9 Å². The van der Waals surface area contributed by atoms with E-state index in [-0.39, 0.29) is 34.4 Å². The van der Waals surface area contributed by atoms with Crippen LogP contribution in [0, 0.1) is 6.10 Å². The van der Waals surface area contributed by atoms with E-state index in [0.29, 0.717) is 0 Å². The van der Waals surface area contributed by atoms with E-state index in [0.717, 1.165) is 0 Å². The number of benzene rings is 2. The first-order valence-corrected chi connectivity index (χ1v) is 12.4. The Morgan fingerprint density at radius 1 is 1.26 bits per heavy atom. The normalized spacial score (nSPS) is 30.3. The molecule has 39 heavy (non-hydrogen) atoms. The summed E-state index contributed by atoms with van der Waals surface area (Å²) in [5, 5.41) is 67.4. The predicted octanol–water partition coefficient (Wildman–Crippen LogP) is -0.561. The Morgan fingerprint density at radius 2 is 1.97 bits per heavy atom. The highest BCUT2D eigenvalue weighted by molar-refractivity contribution is 6.16. The van der Waals surface area contributed by atoms with Crippen LogP contribution in [0.1, 0.15) is 64.0 Å². The Bertz CT molecular complexity index is 1330. The molecule has 209 valence electrons. The molecule has 12 nitrogen and oxygen atoms in total. The van der Waals surface area contributed by atoms with Gasteiger partial charge in [0.05, 0.1) is 25.4 Å². The maximum absolute atomic E-state index is 13.8. The molecular weight excluding hydrogens is 514 g/mol. The number of carbonyl (C=O) groups is 2. The zero-order valence-electron chi connectivity index (χ0n) is 21.2. The zero-order valence-corrected chi connectivity index (χ0v) is 21.2. The number of phenols is 1. The second kappa shape index (κ2) is 9.82. The standard InChI is InChI=1S/C27H30NO11/c1-10-22(31)13(28)6-17(38-10)39-15-8-27(36,16(30)9-29)7-12-19(15)26(35)21-20(24(12)33)23(32)11-4-3-5-14(37-2)18(11)25(21)34/h3-5,10,13,15,17,22,29,31,33-36H,6-9,28H2,1-2H3/p-1/t10-,13-,15-,17-,22+,27-/m0/s1. The van der Waals surface area contributed by atoms with E-state index in [1.807, 2.05) is 0 Å². The maximum atomic E-state index is 13.8. The molecule has 2 aromatic carbocycles. The number of aliphatic hydroxyl groups excluding tert-OH is 3. The Kier molecular flexibility index (Phi) is 6.92. The number of Topliss-reactive ketones (excluding diaryl/α,β-unsaturated/α-hetero) is 1. The van der Waals surface area contributed by atoms with Gasteiger partial charge in [-0.3, -0.25) is 9.59 Å². The molecule has 2 aromatic rings. The molecule has 5 rings (SSSR count). The van der Waals surface area contributed by atoms with Crippen molar-refractivity contribution in [3.63, 3.8) is 0 Å². The molecule has 0 amide bonds. The van der Waals surface area contributed by atoms with Gasteiger partial charge in [0.15, 0.2) is 24.0 Å². The fraction of sp³-hybridized carbons (Fsp3) is 0.444. The first-order chi connectivity index (χ1) is 18.4. The quantitative estimate of drug-likeness (QED) is 0.280. The smallest absolute Gasteiger partial charge is 0.193 e. The highest BCUT2D eigenvalue weighted by atomic mass is 16.7. The van der Waals surface area contributed by atoms with Crippen molar-refractivity contribution in [3.05, 3.63) is 57.7 Å². The molecule has 0 unspecified atom stereocenters. The van der Waals surface area contributed by atoms with Gasteiger partial charge in [-0.25, -0.2) is 0 Å². The van der Waals surface area contributed by atoms with Gasteiger partial charge in [0.25, 0.3) is 0 Å². The van der Waals surface area contributed by atoms with Crippen LogP contribution in [-0.4, -0.2) is 81.0 Å². The summed E-state index contributed by atoms with van der Waals surface area (Å²) in [6.45, 7) is 0.548. The first-order valence-electron chi connectivity index (χ1n) is 12.4. The minimum absolute atomic E-state index is 0.00297. The average molecular weight is 544 g/mol. The Labute approximate surface area is 223 Å². The lowest BCUT2D eigenvalue weighted by molar-refractivity contribution is -0.272. The van der Waals surface area contributed by atoms with Crippen LogP contribution in [0.5, 0.6) is 17.2 Å². The fourth-order valence-electron chi connectivity index (χ4n) is 5.75. The van der Waals surface area contributed by atoms with Gasteiger partial charge in [-0.05, 0) is 18.6 Å². The number of hydrogen-bond donors (Lipinski definition) is 6. The minimum Gasteiger partial charge on any atom is -0.872 e. The molecule has 1 aliphatic heterocycles. The number of ketones is 2. The number of fused-ring (bicyclic) bond motifs is 3. The lowest BCUT2D eigenvalue weighted by Crippen LogP contribution is -2.53. The monoisotopic (exact) mass is 543 g/mol. The van der Waals surface area contributed by atoms with Crippen molar-refractivity contribution in [2.45, 2.75) is 62.4 Å². The summed E-state index contributed by atoms with van der Waals surface area (Å²) in [7, 11) is 1.34. The largest absolute Gasteiger partial charge is 0.872 e. The number of aromatic hydroxyl groups is 1. The van der Waals surface area contributed by atoms with Crippen molar-refractivity contribution >= 4 is 11.6 Å². The first kappa shape index (κ1) is 27.5. The number of aliphatic hydroxyl groups is 4. The van der Waals surface area contributed by atoms with E-state index >= 15 is 0 Å². The summed E-state index contributed by atoms with van der Waals surface area (Å²) in [5.74, 6) is -3.19. The van der Waals surface area contributed by atoms with Crippen molar-refractivity contribution < 1.29 is 54.4 Å². The lowest BCUT2D eigenvalue weighted by Gasteiger charge is -2.43. The van der Waals surface area contributed by atoms with Crippen LogP contribution in [0.4, 0.5) is 0 Å². The number of hydrogen-bond acceptors (Lipinski definition) is 12. The van der Waals surface area contributed by atoms with Crippen LogP contribution >= 0.6 is 0 Å². The van der Waals surface area contributed by atoms with Crippen molar-refractivity contribution in [3.8, 4) is 17.2 Å².